The Morgan fingerprint density at radius 2 is 1.71 bits per heavy atom. The quantitative estimate of drug-likeness (QED) is 0.670. The lowest BCUT2D eigenvalue weighted by atomic mass is 9.83. The minimum Gasteiger partial charge on any atom is -0.325 e. The SMILES string of the molecule is CC(C)c1ccc([C@H]2CC(=O)Nc3c2ccc2ccccc32)cc1. The molecule has 0 aliphatic carbocycles. The number of amides is 1. The summed E-state index contributed by atoms with van der Waals surface area (Å²) < 4.78 is 0. The van der Waals surface area contributed by atoms with E-state index in [-0.39, 0.29) is 11.8 Å². The first kappa shape index (κ1) is 14.9. The number of fused-ring (bicyclic) bond motifs is 3. The highest BCUT2D eigenvalue weighted by Crippen LogP contribution is 2.41. The molecule has 1 amide bonds. The molecule has 1 atom stereocenters. The second-order valence-electron chi connectivity index (χ2n) is 6.88. The lowest BCUT2D eigenvalue weighted by Crippen LogP contribution is -2.23. The van der Waals surface area contributed by atoms with Gasteiger partial charge in [0.05, 0.1) is 5.69 Å². The third-order valence-electron chi connectivity index (χ3n) is 5.00. The first-order valence-electron chi connectivity index (χ1n) is 8.55. The Kier molecular flexibility index (Phi) is 3.61. The molecule has 4 rings (SSSR count). The van der Waals surface area contributed by atoms with E-state index in [2.05, 4.69) is 67.7 Å². The van der Waals surface area contributed by atoms with Crippen LogP contribution < -0.4 is 5.32 Å². The molecule has 2 nitrogen and oxygen atoms in total. The van der Waals surface area contributed by atoms with Crippen LogP contribution in [0.5, 0.6) is 0 Å². The zero-order valence-electron chi connectivity index (χ0n) is 14.0. The van der Waals surface area contributed by atoms with E-state index in [1.54, 1.807) is 0 Å². The molecule has 0 saturated carbocycles. The fourth-order valence-corrected chi connectivity index (χ4v) is 3.61. The molecule has 24 heavy (non-hydrogen) atoms. The number of rotatable bonds is 2. The van der Waals surface area contributed by atoms with Gasteiger partial charge in [0.15, 0.2) is 0 Å². The van der Waals surface area contributed by atoms with Crippen LogP contribution in [-0.2, 0) is 4.79 Å². The van der Waals surface area contributed by atoms with Gasteiger partial charge >= 0.3 is 0 Å². The molecule has 1 aliphatic rings. The van der Waals surface area contributed by atoms with Crippen LogP contribution in [0.3, 0.4) is 0 Å². The van der Waals surface area contributed by atoms with Gasteiger partial charge in [0.25, 0.3) is 0 Å². The van der Waals surface area contributed by atoms with Crippen molar-refractivity contribution in [1.29, 1.82) is 0 Å². The molecular weight excluding hydrogens is 294 g/mol. The van der Waals surface area contributed by atoms with E-state index in [1.165, 1.54) is 16.7 Å². The molecule has 3 aromatic rings. The van der Waals surface area contributed by atoms with Gasteiger partial charge in [-0.15, -0.1) is 0 Å². The van der Waals surface area contributed by atoms with E-state index in [0.717, 1.165) is 16.5 Å². The summed E-state index contributed by atoms with van der Waals surface area (Å²) in [5, 5.41) is 5.37. The third-order valence-corrected chi connectivity index (χ3v) is 5.00. The number of hydrogen-bond donors (Lipinski definition) is 1. The standard InChI is InChI=1S/C22H21NO/c1-14(2)15-7-9-17(10-8-15)20-13-21(24)23-22-18-6-4-3-5-16(18)11-12-19(20)22/h3-12,14,20H,13H2,1-2H3,(H,23,24)/t20-/m1/s1. The van der Waals surface area contributed by atoms with Gasteiger partial charge in [-0.05, 0) is 28.0 Å². The molecule has 0 saturated heterocycles. The van der Waals surface area contributed by atoms with Crippen molar-refractivity contribution in [1.82, 2.24) is 0 Å². The Bertz CT molecular complexity index is 909. The topological polar surface area (TPSA) is 29.1 Å². The van der Waals surface area contributed by atoms with E-state index >= 15 is 0 Å². The summed E-state index contributed by atoms with van der Waals surface area (Å²) >= 11 is 0. The molecule has 1 heterocycles. The van der Waals surface area contributed by atoms with Crippen molar-refractivity contribution in [3.8, 4) is 0 Å². The average Bonchev–Trinajstić information content (AvgIpc) is 2.61. The minimum atomic E-state index is 0.0942. The smallest absolute Gasteiger partial charge is 0.225 e. The van der Waals surface area contributed by atoms with Crippen molar-refractivity contribution < 1.29 is 4.79 Å². The van der Waals surface area contributed by atoms with Crippen LogP contribution >= 0.6 is 0 Å². The number of hydrogen-bond acceptors (Lipinski definition) is 1. The van der Waals surface area contributed by atoms with E-state index in [4.69, 9.17) is 0 Å². The minimum absolute atomic E-state index is 0.0942. The van der Waals surface area contributed by atoms with Crippen LogP contribution in [0.25, 0.3) is 10.8 Å². The van der Waals surface area contributed by atoms with Crippen molar-refractivity contribution >= 4 is 22.4 Å². The van der Waals surface area contributed by atoms with E-state index in [1.807, 2.05) is 12.1 Å². The first-order valence-corrected chi connectivity index (χ1v) is 8.55. The second-order valence-corrected chi connectivity index (χ2v) is 6.88. The van der Waals surface area contributed by atoms with Gasteiger partial charge in [-0.2, -0.15) is 0 Å². The van der Waals surface area contributed by atoms with Gasteiger partial charge in [0.2, 0.25) is 5.91 Å². The molecule has 120 valence electrons. The van der Waals surface area contributed by atoms with Crippen LogP contribution in [-0.4, -0.2) is 5.91 Å². The molecule has 3 aromatic carbocycles. The van der Waals surface area contributed by atoms with Gasteiger partial charge in [-0.1, -0.05) is 74.5 Å². The fraction of sp³-hybridized carbons (Fsp3) is 0.227. The number of carbonyl (C=O) groups excluding carboxylic acids is 1. The Morgan fingerprint density at radius 3 is 2.46 bits per heavy atom. The van der Waals surface area contributed by atoms with Gasteiger partial charge in [-0.25, -0.2) is 0 Å². The van der Waals surface area contributed by atoms with Crippen molar-refractivity contribution in [3.63, 3.8) is 0 Å². The molecule has 0 aromatic heterocycles. The van der Waals surface area contributed by atoms with Gasteiger partial charge in [0.1, 0.15) is 0 Å². The highest BCUT2D eigenvalue weighted by Gasteiger charge is 2.27. The Labute approximate surface area is 142 Å². The van der Waals surface area contributed by atoms with Gasteiger partial charge in [-0.3, -0.25) is 4.79 Å². The Balaban J connectivity index is 1.84. The number of nitrogens with one attached hydrogen (secondary N) is 1. The molecular formula is C22H21NO. The third kappa shape index (κ3) is 2.48. The zero-order chi connectivity index (χ0) is 16.7. The van der Waals surface area contributed by atoms with Crippen molar-refractivity contribution in [2.24, 2.45) is 0 Å². The van der Waals surface area contributed by atoms with Crippen LogP contribution in [0, 0.1) is 0 Å². The molecule has 1 aliphatic heterocycles. The van der Waals surface area contributed by atoms with E-state index in [9.17, 15) is 4.79 Å². The summed E-state index contributed by atoms with van der Waals surface area (Å²) in [5.74, 6) is 0.737. The van der Waals surface area contributed by atoms with Crippen LogP contribution in [0.15, 0.2) is 60.7 Å². The normalized spacial score (nSPS) is 17.0. The zero-order valence-corrected chi connectivity index (χ0v) is 14.0. The summed E-state index contributed by atoms with van der Waals surface area (Å²) in [5.41, 5.74) is 4.73. The molecule has 0 fully saturated rings. The number of benzene rings is 3. The van der Waals surface area contributed by atoms with Crippen LogP contribution in [0.1, 0.15) is 48.8 Å². The summed E-state index contributed by atoms with van der Waals surface area (Å²) in [6, 6.07) is 21.3. The van der Waals surface area contributed by atoms with Crippen molar-refractivity contribution in [2.45, 2.75) is 32.1 Å². The second kappa shape index (κ2) is 5.79. The largest absolute Gasteiger partial charge is 0.325 e. The predicted molar refractivity (Wildman–Crippen MR) is 99.6 cm³/mol. The average molecular weight is 315 g/mol. The number of carbonyl (C=O) groups is 1. The van der Waals surface area contributed by atoms with Gasteiger partial charge in [0, 0.05) is 17.7 Å². The highest BCUT2D eigenvalue weighted by molar-refractivity contribution is 6.06. The Hall–Kier alpha value is -2.61. The van der Waals surface area contributed by atoms with E-state index in [0.29, 0.717) is 12.3 Å². The molecule has 0 unspecified atom stereocenters. The lowest BCUT2D eigenvalue weighted by Gasteiger charge is -2.27. The predicted octanol–water partition coefficient (Wildman–Crippen LogP) is 5.44. The summed E-state index contributed by atoms with van der Waals surface area (Å²) in [6.07, 6.45) is 0.506. The Morgan fingerprint density at radius 1 is 0.958 bits per heavy atom. The molecule has 0 bridgehead atoms. The molecule has 0 radical (unpaired) electrons. The summed E-state index contributed by atoms with van der Waals surface area (Å²) in [6.45, 7) is 4.40. The van der Waals surface area contributed by atoms with Crippen molar-refractivity contribution in [2.75, 3.05) is 5.32 Å². The van der Waals surface area contributed by atoms with Gasteiger partial charge < -0.3 is 5.32 Å². The fourth-order valence-electron chi connectivity index (χ4n) is 3.61. The number of anilines is 1. The van der Waals surface area contributed by atoms with Crippen LogP contribution in [0.2, 0.25) is 0 Å². The highest BCUT2D eigenvalue weighted by atomic mass is 16.1. The van der Waals surface area contributed by atoms with Crippen LogP contribution in [0.4, 0.5) is 5.69 Å². The van der Waals surface area contributed by atoms with E-state index < -0.39 is 0 Å². The first-order chi connectivity index (χ1) is 11.6. The van der Waals surface area contributed by atoms with Crippen molar-refractivity contribution in [3.05, 3.63) is 77.4 Å². The maximum Gasteiger partial charge on any atom is 0.225 e. The molecule has 1 N–H and O–H groups in total. The maximum atomic E-state index is 12.3. The molecule has 2 heteroatoms. The maximum absolute atomic E-state index is 12.3. The monoisotopic (exact) mass is 315 g/mol. The molecule has 0 spiro atoms. The lowest BCUT2D eigenvalue weighted by molar-refractivity contribution is -0.116. The summed E-state index contributed by atoms with van der Waals surface area (Å²) in [7, 11) is 0. The summed E-state index contributed by atoms with van der Waals surface area (Å²) in [4.78, 5) is 12.3.